The van der Waals surface area contributed by atoms with Crippen LogP contribution in [-0.2, 0) is 0 Å². The Hall–Kier alpha value is -1.82. The minimum atomic E-state index is 0.505. The maximum Gasteiger partial charge on any atom is 0.150 e. The summed E-state index contributed by atoms with van der Waals surface area (Å²) in [6.45, 7) is 2.67. The first-order chi connectivity index (χ1) is 7.19. The summed E-state index contributed by atoms with van der Waals surface area (Å²) in [5.74, 6) is 0. The van der Waals surface area contributed by atoms with E-state index in [-0.39, 0.29) is 0 Å². The maximum absolute atomic E-state index is 10.6. The fourth-order valence-electron chi connectivity index (χ4n) is 1.52. The monoisotopic (exact) mass is 202 g/mol. The quantitative estimate of drug-likeness (QED) is 0.703. The molecule has 1 aromatic carbocycles. The second kappa shape index (κ2) is 5.16. The molecule has 0 heterocycles. The highest BCUT2D eigenvalue weighted by Crippen LogP contribution is 2.19. The van der Waals surface area contributed by atoms with Crippen LogP contribution in [0.25, 0.3) is 0 Å². The molecule has 0 atom stereocenters. The van der Waals surface area contributed by atoms with Crippen LogP contribution in [0.3, 0.4) is 0 Å². The number of nitriles is 1. The van der Waals surface area contributed by atoms with Crippen molar-refractivity contribution in [2.45, 2.75) is 13.3 Å². The van der Waals surface area contributed by atoms with Crippen molar-refractivity contribution < 1.29 is 4.79 Å². The van der Waals surface area contributed by atoms with Crippen LogP contribution in [0.2, 0.25) is 0 Å². The van der Waals surface area contributed by atoms with E-state index in [0.717, 1.165) is 17.5 Å². The lowest BCUT2D eigenvalue weighted by molar-refractivity contribution is 0.112. The summed E-state index contributed by atoms with van der Waals surface area (Å²) in [5.41, 5.74) is 2.81. The highest BCUT2D eigenvalue weighted by atomic mass is 16.1. The minimum Gasteiger partial charge on any atom is -0.373 e. The third-order valence-electron chi connectivity index (χ3n) is 2.33. The van der Waals surface area contributed by atoms with E-state index in [4.69, 9.17) is 5.26 Å². The van der Waals surface area contributed by atoms with E-state index < -0.39 is 0 Å². The SMILES string of the molecule is Cc1cc(C=O)ccc1N(C)CCC#N. The number of aryl methyl sites for hydroxylation is 1. The number of carbonyl (C=O) groups excluding carboxylic acids is 1. The van der Waals surface area contributed by atoms with Crippen molar-refractivity contribution in [2.24, 2.45) is 0 Å². The fourth-order valence-corrected chi connectivity index (χ4v) is 1.52. The molecular formula is C12H14N2O. The summed E-state index contributed by atoms with van der Waals surface area (Å²) in [6.07, 6.45) is 1.34. The first-order valence-corrected chi connectivity index (χ1v) is 4.83. The molecule has 1 rings (SSSR count). The largest absolute Gasteiger partial charge is 0.373 e. The molecule has 1 aromatic rings. The molecule has 0 N–H and O–H groups in total. The molecule has 0 aliphatic carbocycles. The average molecular weight is 202 g/mol. The Bertz CT molecular complexity index is 393. The van der Waals surface area contributed by atoms with Crippen molar-refractivity contribution in [1.29, 1.82) is 5.26 Å². The van der Waals surface area contributed by atoms with Crippen LogP contribution in [0.4, 0.5) is 5.69 Å². The van der Waals surface area contributed by atoms with Crippen LogP contribution in [-0.4, -0.2) is 19.9 Å². The Labute approximate surface area is 89.9 Å². The summed E-state index contributed by atoms with van der Waals surface area (Å²) < 4.78 is 0. The van der Waals surface area contributed by atoms with Gasteiger partial charge in [0, 0.05) is 24.8 Å². The number of anilines is 1. The van der Waals surface area contributed by atoms with Crippen molar-refractivity contribution in [3.8, 4) is 6.07 Å². The average Bonchev–Trinajstić information content (AvgIpc) is 2.25. The van der Waals surface area contributed by atoms with Crippen LogP contribution in [0.15, 0.2) is 18.2 Å². The molecule has 0 aliphatic heterocycles. The number of carbonyl (C=O) groups is 1. The number of hydrogen-bond donors (Lipinski definition) is 0. The van der Waals surface area contributed by atoms with E-state index in [2.05, 4.69) is 6.07 Å². The zero-order chi connectivity index (χ0) is 11.3. The van der Waals surface area contributed by atoms with Gasteiger partial charge in [-0.3, -0.25) is 4.79 Å². The smallest absolute Gasteiger partial charge is 0.150 e. The zero-order valence-corrected chi connectivity index (χ0v) is 9.03. The van der Waals surface area contributed by atoms with E-state index in [1.807, 2.05) is 31.0 Å². The number of benzene rings is 1. The molecule has 0 fully saturated rings. The van der Waals surface area contributed by atoms with Gasteiger partial charge >= 0.3 is 0 Å². The number of aldehydes is 1. The molecule has 0 saturated heterocycles. The van der Waals surface area contributed by atoms with Gasteiger partial charge in [-0.05, 0) is 30.7 Å². The molecule has 0 bridgehead atoms. The van der Waals surface area contributed by atoms with Gasteiger partial charge in [-0.1, -0.05) is 0 Å². The van der Waals surface area contributed by atoms with Gasteiger partial charge in [0.05, 0.1) is 12.5 Å². The molecule has 3 nitrogen and oxygen atoms in total. The fraction of sp³-hybridized carbons (Fsp3) is 0.333. The predicted molar refractivity (Wildman–Crippen MR) is 60.1 cm³/mol. The molecule has 0 spiro atoms. The van der Waals surface area contributed by atoms with Gasteiger partial charge in [-0.25, -0.2) is 0 Å². The van der Waals surface area contributed by atoms with Gasteiger partial charge in [-0.15, -0.1) is 0 Å². The van der Waals surface area contributed by atoms with Crippen molar-refractivity contribution in [3.05, 3.63) is 29.3 Å². The molecular weight excluding hydrogens is 188 g/mol. The van der Waals surface area contributed by atoms with Crippen LogP contribution in [0.1, 0.15) is 22.3 Å². The van der Waals surface area contributed by atoms with E-state index in [1.165, 1.54) is 0 Å². The molecule has 0 unspecified atom stereocenters. The number of rotatable bonds is 4. The zero-order valence-electron chi connectivity index (χ0n) is 9.03. The minimum absolute atomic E-state index is 0.505. The lowest BCUT2D eigenvalue weighted by Crippen LogP contribution is -2.19. The second-order valence-electron chi connectivity index (χ2n) is 3.49. The van der Waals surface area contributed by atoms with E-state index in [1.54, 1.807) is 6.07 Å². The predicted octanol–water partition coefficient (Wildman–Crippen LogP) is 2.16. The molecule has 0 amide bonds. The van der Waals surface area contributed by atoms with Crippen molar-refractivity contribution in [3.63, 3.8) is 0 Å². The number of nitrogens with zero attached hydrogens (tertiary/aromatic N) is 2. The van der Waals surface area contributed by atoms with Gasteiger partial charge in [0.15, 0.2) is 0 Å². The van der Waals surface area contributed by atoms with Crippen LogP contribution in [0, 0.1) is 18.3 Å². The van der Waals surface area contributed by atoms with Crippen LogP contribution in [0.5, 0.6) is 0 Å². The van der Waals surface area contributed by atoms with E-state index in [9.17, 15) is 4.79 Å². The Balaban J connectivity index is 2.86. The Kier molecular flexibility index (Phi) is 3.87. The van der Waals surface area contributed by atoms with E-state index >= 15 is 0 Å². The summed E-state index contributed by atoms with van der Waals surface area (Å²) >= 11 is 0. The van der Waals surface area contributed by atoms with Crippen molar-refractivity contribution in [1.82, 2.24) is 0 Å². The summed E-state index contributed by atoms with van der Waals surface area (Å²) in [6, 6.07) is 7.67. The van der Waals surface area contributed by atoms with Gasteiger partial charge in [0.1, 0.15) is 6.29 Å². The lowest BCUT2D eigenvalue weighted by Gasteiger charge is -2.20. The first-order valence-electron chi connectivity index (χ1n) is 4.83. The van der Waals surface area contributed by atoms with Crippen LogP contribution < -0.4 is 4.90 Å². The third-order valence-corrected chi connectivity index (χ3v) is 2.33. The molecule has 15 heavy (non-hydrogen) atoms. The van der Waals surface area contributed by atoms with Gasteiger partial charge in [-0.2, -0.15) is 5.26 Å². The summed E-state index contributed by atoms with van der Waals surface area (Å²) in [5, 5.41) is 8.49. The third kappa shape index (κ3) is 2.81. The lowest BCUT2D eigenvalue weighted by atomic mass is 10.1. The molecule has 0 saturated carbocycles. The second-order valence-corrected chi connectivity index (χ2v) is 3.49. The Morgan fingerprint density at radius 1 is 1.53 bits per heavy atom. The maximum atomic E-state index is 10.6. The van der Waals surface area contributed by atoms with Crippen molar-refractivity contribution in [2.75, 3.05) is 18.5 Å². The summed E-state index contributed by atoms with van der Waals surface area (Å²) in [7, 11) is 1.94. The van der Waals surface area contributed by atoms with E-state index in [0.29, 0.717) is 18.5 Å². The highest BCUT2D eigenvalue weighted by Gasteiger charge is 2.04. The molecule has 0 radical (unpaired) electrons. The normalized spacial score (nSPS) is 9.40. The van der Waals surface area contributed by atoms with Crippen molar-refractivity contribution >= 4 is 12.0 Å². The Morgan fingerprint density at radius 2 is 2.27 bits per heavy atom. The standard InChI is InChI=1S/C12H14N2O/c1-10-8-11(9-15)4-5-12(10)14(2)7-3-6-13/h4-5,8-9H,3,7H2,1-2H3. The van der Waals surface area contributed by atoms with Gasteiger partial charge < -0.3 is 4.90 Å². The topological polar surface area (TPSA) is 44.1 Å². The highest BCUT2D eigenvalue weighted by molar-refractivity contribution is 5.76. The van der Waals surface area contributed by atoms with Gasteiger partial charge in [0.2, 0.25) is 0 Å². The molecule has 0 aliphatic rings. The summed E-state index contributed by atoms with van der Waals surface area (Å²) in [4.78, 5) is 12.6. The molecule has 78 valence electrons. The van der Waals surface area contributed by atoms with Gasteiger partial charge in [0.25, 0.3) is 0 Å². The molecule has 0 aromatic heterocycles. The Morgan fingerprint density at radius 3 is 2.80 bits per heavy atom. The van der Waals surface area contributed by atoms with Crippen LogP contribution >= 0.6 is 0 Å². The first kappa shape index (κ1) is 11.3. The molecule has 3 heteroatoms. The number of hydrogen-bond acceptors (Lipinski definition) is 3.